The van der Waals surface area contributed by atoms with Crippen molar-refractivity contribution >= 4 is 28.4 Å². The molecule has 1 aromatic heterocycles. The van der Waals surface area contributed by atoms with Gasteiger partial charge in [-0.05, 0) is 23.8 Å². The normalized spacial score (nSPS) is 12.0. The van der Waals surface area contributed by atoms with E-state index in [0.29, 0.717) is 31.1 Å². The number of amides is 2. The fraction of sp³-hybridized carbons (Fsp3) is 0.333. The third kappa shape index (κ3) is 6.08. The maximum absolute atomic E-state index is 13.1. The van der Waals surface area contributed by atoms with Gasteiger partial charge in [0.2, 0.25) is 11.8 Å². The van der Waals surface area contributed by atoms with Crippen LogP contribution in [0.5, 0.6) is 5.75 Å². The Morgan fingerprint density at radius 1 is 1.03 bits per heavy atom. The molecule has 164 valence electrons. The third-order valence-corrected chi connectivity index (χ3v) is 4.91. The topological polar surface area (TPSA) is 92.4 Å². The number of H-pyrrole nitrogens is 1. The molecule has 0 saturated heterocycles. The Morgan fingerprint density at radius 3 is 2.61 bits per heavy atom. The van der Waals surface area contributed by atoms with Crippen molar-refractivity contribution in [1.29, 1.82) is 0 Å². The molecule has 0 saturated carbocycles. The Morgan fingerprint density at radius 2 is 1.84 bits per heavy atom. The van der Waals surface area contributed by atoms with Crippen LogP contribution in [0.15, 0.2) is 54.7 Å². The number of benzene rings is 2. The Balaban J connectivity index is 1.76. The molecule has 7 heteroatoms. The molecule has 0 aliphatic carbocycles. The van der Waals surface area contributed by atoms with E-state index in [1.165, 1.54) is 0 Å². The summed E-state index contributed by atoms with van der Waals surface area (Å²) in [4.78, 5) is 28.7. The summed E-state index contributed by atoms with van der Waals surface area (Å²) < 4.78 is 10.6. The van der Waals surface area contributed by atoms with Crippen molar-refractivity contribution in [3.05, 3.63) is 60.3 Å². The van der Waals surface area contributed by atoms with E-state index in [1.807, 2.05) is 36.5 Å². The predicted molar refractivity (Wildman–Crippen MR) is 121 cm³/mol. The number of nitrogens with one attached hydrogen (secondary N) is 3. The van der Waals surface area contributed by atoms with Gasteiger partial charge in [-0.15, -0.1) is 0 Å². The fourth-order valence-corrected chi connectivity index (χ4v) is 3.20. The number of carbonyl (C=O) groups excluding carboxylic acids is 2. The van der Waals surface area contributed by atoms with Crippen molar-refractivity contribution in [3.8, 4) is 5.75 Å². The molecule has 31 heavy (non-hydrogen) atoms. The van der Waals surface area contributed by atoms with Gasteiger partial charge >= 0.3 is 0 Å². The molecular formula is C24H29N3O4. The summed E-state index contributed by atoms with van der Waals surface area (Å²) in [5, 5.41) is 6.82. The highest BCUT2D eigenvalue weighted by atomic mass is 16.5. The van der Waals surface area contributed by atoms with Gasteiger partial charge in [0.15, 0.2) is 0 Å². The highest BCUT2D eigenvalue weighted by Gasteiger charge is 2.24. The van der Waals surface area contributed by atoms with E-state index in [1.54, 1.807) is 39.2 Å². The van der Waals surface area contributed by atoms with Gasteiger partial charge in [0.1, 0.15) is 18.4 Å². The lowest BCUT2D eigenvalue weighted by molar-refractivity contribution is -0.128. The minimum atomic E-state index is -0.716. The highest BCUT2D eigenvalue weighted by Crippen LogP contribution is 2.21. The first kappa shape index (κ1) is 22.4. The maximum atomic E-state index is 13.1. The molecule has 0 bridgehead atoms. The van der Waals surface area contributed by atoms with Gasteiger partial charge in [-0.2, -0.15) is 0 Å². The van der Waals surface area contributed by atoms with Crippen molar-refractivity contribution in [2.75, 3.05) is 25.6 Å². The van der Waals surface area contributed by atoms with Crippen molar-refractivity contribution < 1.29 is 19.1 Å². The van der Waals surface area contributed by atoms with Crippen LogP contribution in [0.1, 0.15) is 19.4 Å². The van der Waals surface area contributed by atoms with Gasteiger partial charge in [-0.25, -0.2) is 0 Å². The summed E-state index contributed by atoms with van der Waals surface area (Å²) in [6.07, 6.45) is 2.26. The zero-order valence-corrected chi connectivity index (χ0v) is 18.1. The lowest BCUT2D eigenvalue weighted by Gasteiger charge is -2.20. The minimum absolute atomic E-state index is 0.170. The second-order valence-corrected chi connectivity index (χ2v) is 7.64. The van der Waals surface area contributed by atoms with Gasteiger partial charge in [-0.3, -0.25) is 9.59 Å². The summed E-state index contributed by atoms with van der Waals surface area (Å²) in [6.45, 7) is 4.50. The number of hydrogen-bond donors (Lipinski definition) is 3. The van der Waals surface area contributed by atoms with E-state index in [2.05, 4.69) is 15.6 Å². The highest BCUT2D eigenvalue weighted by molar-refractivity contribution is 5.98. The molecule has 1 unspecified atom stereocenters. The molecule has 3 rings (SSSR count). The standard InChI is InChI=1S/C24H29N3O4/c1-16(2)23(28)27-22(13-17-15-25-21-10-5-4-9-20(17)21)24(29)26-18-7-6-8-19(14-18)31-12-11-30-3/h4-10,14-16,22,25H,11-13H2,1-3H3,(H,26,29)(H,27,28). The number of carbonyl (C=O) groups is 2. The van der Waals surface area contributed by atoms with Crippen LogP contribution in [0, 0.1) is 5.92 Å². The third-order valence-electron chi connectivity index (χ3n) is 4.91. The van der Waals surface area contributed by atoms with Crippen LogP contribution < -0.4 is 15.4 Å². The first-order chi connectivity index (χ1) is 15.0. The van der Waals surface area contributed by atoms with E-state index in [4.69, 9.17) is 9.47 Å². The lowest BCUT2D eigenvalue weighted by Crippen LogP contribution is -2.46. The number of para-hydroxylation sites is 1. The molecule has 0 aliphatic rings. The number of ether oxygens (including phenoxy) is 2. The molecule has 1 heterocycles. The Bertz CT molecular complexity index is 1030. The van der Waals surface area contributed by atoms with Gasteiger partial charge in [-0.1, -0.05) is 38.1 Å². The maximum Gasteiger partial charge on any atom is 0.247 e. The van der Waals surface area contributed by atoms with Crippen LogP contribution in [0.25, 0.3) is 10.9 Å². The quantitative estimate of drug-likeness (QED) is 0.435. The Kier molecular flexibility index (Phi) is 7.67. The van der Waals surface area contributed by atoms with Crippen LogP contribution in [0.2, 0.25) is 0 Å². The molecule has 1 atom stereocenters. The van der Waals surface area contributed by atoms with Crippen molar-refractivity contribution in [2.45, 2.75) is 26.3 Å². The zero-order valence-electron chi connectivity index (χ0n) is 18.1. The number of aromatic amines is 1. The van der Waals surface area contributed by atoms with Crippen molar-refractivity contribution in [2.24, 2.45) is 5.92 Å². The van der Waals surface area contributed by atoms with E-state index in [0.717, 1.165) is 16.5 Å². The van der Waals surface area contributed by atoms with Crippen molar-refractivity contribution in [3.63, 3.8) is 0 Å². The zero-order chi connectivity index (χ0) is 22.2. The largest absolute Gasteiger partial charge is 0.491 e. The van der Waals surface area contributed by atoms with E-state index in [9.17, 15) is 9.59 Å². The summed E-state index contributed by atoms with van der Waals surface area (Å²) in [5.41, 5.74) is 2.56. The van der Waals surface area contributed by atoms with Crippen LogP contribution in [-0.2, 0) is 20.7 Å². The number of aromatic nitrogens is 1. The molecular weight excluding hydrogens is 394 g/mol. The first-order valence-electron chi connectivity index (χ1n) is 10.4. The summed E-state index contributed by atoms with van der Waals surface area (Å²) in [5.74, 6) is -0.0463. The van der Waals surface area contributed by atoms with Crippen LogP contribution in [-0.4, -0.2) is 43.2 Å². The smallest absolute Gasteiger partial charge is 0.247 e. The van der Waals surface area contributed by atoms with Gasteiger partial charge in [0, 0.05) is 48.3 Å². The molecule has 2 aromatic carbocycles. The van der Waals surface area contributed by atoms with Crippen LogP contribution in [0.3, 0.4) is 0 Å². The Labute approximate surface area is 182 Å². The van der Waals surface area contributed by atoms with E-state index in [-0.39, 0.29) is 17.7 Å². The number of rotatable bonds is 10. The monoisotopic (exact) mass is 423 g/mol. The van der Waals surface area contributed by atoms with Gasteiger partial charge in [0.25, 0.3) is 0 Å². The molecule has 0 fully saturated rings. The van der Waals surface area contributed by atoms with Crippen molar-refractivity contribution in [1.82, 2.24) is 10.3 Å². The molecule has 7 nitrogen and oxygen atoms in total. The Hall–Kier alpha value is -3.32. The van der Waals surface area contributed by atoms with E-state index >= 15 is 0 Å². The fourth-order valence-electron chi connectivity index (χ4n) is 3.20. The number of fused-ring (bicyclic) bond motifs is 1. The van der Waals surface area contributed by atoms with Gasteiger partial charge in [0.05, 0.1) is 6.61 Å². The number of methoxy groups -OCH3 is 1. The summed E-state index contributed by atoms with van der Waals surface area (Å²) >= 11 is 0. The first-order valence-corrected chi connectivity index (χ1v) is 10.4. The molecule has 2 amide bonds. The molecule has 0 radical (unpaired) electrons. The average molecular weight is 424 g/mol. The van der Waals surface area contributed by atoms with Gasteiger partial charge < -0.3 is 25.1 Å². The molecule has 0 aliphatic heterocycles. The summed E-state index contributed by atoms with van der Waals surface area (Å²) in [6, 6.07) is 14.3. The van der Waals surface area contributed by atoms with Crippen LogP contribution in [0.4, 0.5) is 5.69 Å². The number of anilines is 1. The summed E-state index contributed by atoms with van der Waals surface area (Å²) in [7, 11) is 1.61. The second kappa shape index (κ2) is 10.6. The molecule has 3 aromatic rings. The number of hydrogen-bond acceptors (Lipinski definition) is 4. The molecule has 3 N–H and O–H groups in total. The second-order valence-electron chi connectivity index (χ2n) is 7.64. The predicted octanol–water partition coefficient (Wildman–Crippen LogP) is 3.52. The average Bonchev–Trinajstić information content (AvgIpc) is 3.16. The minimum Gasteiger partial charge on any atom is -0.491 e. The van der Waals surface area contributed by atoms with Crippen LogP contribution >= 0.6 is 0 Å². The lowest BCUT2D eigenvalue weighted by atomic mass is 10.0. The van der Waals surface area contributed by atoms with E-state index < -0.39 is 6.04 Å². The molecule has 0 spiro atoms. The SMILES string of the molecule is COCCOc1cccc(NC(=O)C(Cc2c[nH]c3ccccc23)NC(=O)C(C)C)c1.